The first kappa shape index (κ1) is 6.27. The third kappa shape index (κ3) is 0.943. The van der Waals surface area contributed by atoms with E-state index in [9.17, 15) is 4.79 Å². The topological polar surface area (TPSA) is 17.1 Å². The Bertz CT molecular complexity index is 111. The van der Waals surface area contributed by atoms with E-state index in [-0.39, 0.29) is 4.83 Å². The van der Waals surface area contributed by atoms with Gasteiger partial charge in [0.25, 0.3) is 0 Å². The van der Waals surface area contributed by atoms with Crippen molar-refractivity contribution < 1.29 is 4.79 Å². The Morgan fingerprint density at radius 3 is 2.50 bits per heavy atom. The van der Waals surface area contributed by atoms with E-state index in [0.29, 0.717) is 11.7 Å². The molecule has 1 fully saturated rings. The summed E-state index contributed by atoms with van der Waals surface area (Å²) in [5.74, 6) is 0.931. The van der Waals surface area contributed by atoms with Crippen LogP contribution in [0.5, 0.6) is 0 Å². The molecule has 1 nitrogen and oxygen atoms in total. The lowest BCUT2D eigenvalue weighted by atomic mass is 10.1. The molecule has 0 radical (unpaired) electrons. The second kappa shape index (κ2) is 2.18. The van der Waals surface area contributed by atoms with Crippen LogP contribution in [0.25, 0.3) is 0 Å². The van der Waals surface area contributed by atoms with Gasteiger partial charge in [0.05, 0.1) is 4.83 Å². The molecular formula is C6H9BrO. The Hall–Kier alpha value is 0.150. The first-order valence-electron chi connectivity index (χ1n) is 2.88. The number of carbonyl (C=O) groups is 1. The Kier molecular flexibility index (Phi) is 1.71. The lowest BCUT2D eigenvalue weighted by Gasteiger charge is -2.01. The van der Waals surface area contributed by atoms with Crippen molar-refractivity contribution in [3.8, 4) is 0 Å². The summed E-state index contributed by atoms with van der Waals surface area (Å²) in [6.45, 7) is 2.10. The molecule has 0 aromatic carbocycles. The maximum atomic E-state index is 10.7. The molecule has 1 aliphatic carbocycles. The van der Waals surface area contributed by atoms with Gasteiger partial charge < -0.3 is 0 Å². The summed E-state index contributed by atoms with van der Waals surface area (Å²) in [6, 6.07) is 0. The Balaban J connectivity index is 2.56. The number of hydrogen-bond donors (Lipinski definition) is 0. The van der Waals surface area contributed by atoms with Crippen LogP contribution in [0.3, 0.4) is 0 Å². The molecule has 8 heavy (non-hydrogen) atoms. The van der Waals surface area contributed by atoms with Crippen molar-refractivity contribution in [1.29, 1.82) is 0 Å². The van der Waals surface area contributed by atoms with Crippen molar-refractivity contribution in [2.24, 2.45) is 5.92 Å². The van der Waals surface area contributed by atoms with E-state index >= 15 is 0 Å². The second-order valence-electron chi connectivity index (χ2n) is 2.38. The van der Waals surface area contributed by atoms with E-state index in [4.69, 9.17) is 0 Å². The van der Waals surface area contributed by atoms with Crippen LogP contribution in [0.1, 0.15) is 19.8 Å². The van der Waals surface area contributed by atoms with Crippen LogP contribution in [0.4, 0.5) is 0 Å². The zero-order valence-electron chi connectivity index (χ0n) is 4.86. The third-order valence-electron chi connectivity index (χ3n) is 1.65. The van der Waals surface area contributed by atoms with Gasteiger partial charge >= 0.3 is 0 Å². The monoisotopic (exact) mass is 176 g/mol. The van der Waals surface area contributed by atoms with Crippen molar-refractivity contribution in [2.45, 2.75) is 24.6 Å². The normalized spacial score (nSPS) is 38.5. The molecule has 0 amide bonds. The van der Waals surface area contributed by atoms with Gasteiger partial charge in [0.1, 0.15) is 5.78 Å². The van der Waals surface area contributed by atoms with Crippen molar-refractivity contribution >= 4 is 21.7 Å². The fourth-order valence-corrected chi connectivity index (χ4v) is 1.46. The first-order chi connectivity index (χ1) is 3.72. The van der Waals surface area contributed by atoms with Gasteiger partial charge in [0, 0.05) is 6.42 Å². The number of carbonyl (C=O) groups excluding carboxylic acids is 1. The minimum atomic E-state index is 0.155. The molecule has 0 heterocycles. The van der Waals surface area contributed by atoms with Gasteiger partial charge in [-0.3, -0.25) is 4.79 Å². The van der Waals surface area contributed by atoms with E-state index in [1.165, 1.54) is 0 Å². The molecule has 0 aromatic heterocycles. The van der Waals surface area contributed by atoms with Gasteiger partial charge in [-0.25, -0.2) is 0 Å². The lowest BCUT2D eigenvalue weighted by Crippen LogP contribution is -2.09. The summed E-state index contributed by atoms with van der Waals surface area (Å²) in [7, 11) is 0. The van der Waals surface area contributed by atoms with Crippen molar-refractivity contribution in [2.75, 3.05) is 0 Å². The fraction of sp³-hybridized carbons (Fsp3) is 0.833. The SMILES string of the molecule is CC1CCC(=O)[C@H]1Br. The zero-order chi connectivity index (χ0) is 6.15. The number of ketones is 1. The largest absolute Gasteiger partial charge is 0.298 e. The Labute approximate surface area is 57.6 Å². The van der Waals surface area contributed by atoms with Gasteiger partial charge in [-0.1, -0.05) is 22.9 Å². The fourth-order valence-electron chi connectivity index (χ4n) is 0.971. The van der Waals surface area contributed by atoms with Crippen molar-refractivity contribution in [1.82, 2.24) is 0 Å². The number of rotatable bonds is 0. The molecule has 46 valence electrons. The maximum Gasteiger partial charge on any atom is 0.146 e. The average molecular weight is 177 g/mol. The Morgan fingerprint density at radius 2 is 2.38 bits per heavy atom. The molecule has 1 saturated carbocycles. The molecule has 1 aliphatic rings. The lowest BCUT2D eigenvalue weighted by molar-refractivity contribution is -0.117. The molecule has 1 unspecified atom stereocenters. The van der Waals surface area contributed by atoms with Crippen LogP contribution in [-0.2, 0) is 4.79 Å². The summed E-state index contributed by atoms with van der Waals surface area (Å²) >= 11 is 3.32. The number of hydrogen-bond acceptors (Lipinski definition) is 1. The molecule has 2 heteroatoms. The minimum Gasteiger partial charge on any atom is -0.298 e. The molecule has 2 atom stereocenters. The second-order valence-corrected chi connectivity index (χ2v) is 3.37. The van der Waals surface area contributed by atoms with Crippen LogP contribution < -0.4 is 0 Å². The van der Waals surface area contributed by atoms with Gasteiger partial charge in [-0.05, 0) is 12.3 Å². The first-order valence-corrected chi connectivity index (χ1v) is 3.80. The van der Waals surface area contributed by atoms with E-state index in [1.54, 1.807) is 0 Å². The summed E-state index contributed by atoms with van der Waals surface area (Å²) in [6.07, 6.45) is 1.84. The highest BCUT2D eigenvalue weighted by Gasteiger charge is 2.28. The Morgan fingerprint density at radius 1 is 1.75 bits per heavy atom. The smallest absolute Gasteiger partial charge is 0.146 e. The molecule has 0 bridgehead atoms. The highest BCUT2D eigenvalue weighted by atomic mass is 79.9. The van der Waals surface area contributed by atoms with Crippen molar-refractivity contribution in [3.63, 3.8) is 0 Å². The molecule has 1 rings (SSSR count). The molecule has 0 aromatic rings. The molecule has 0 spiro atoms. The minimum absolute atomic E-state index is 0.155. The molecule has 0 N–H and O–H groups in total. The number of alkyl halides is 1. The van der Waals surface area contributed by atoms with Crippen LogP contribution in [0.2, 0.25) is 0 Å². The summed E-state index contributed by atoms with van der Waals surface area (Å²) < 4.78 is 0. The predicted molar refractivity (Wildman–Crippen MR) is 36.1 cm³/mol. The number of Topliss-reactive ketones (excluding diaryl/α,β-unsaturated/α-hetero) is 1. The molecular weight excluding hydrogens is 168 g/mol. The van der Waals surface area contributed by atoms with Crippen LogP contribution in [-0.4, -0.2) is 10.6 Å². The van der Waals surface area contributed by atoms with Crippen LogP contribution in [0, 0.1) is 5.92 Å². The molecule has 0 aliphatic heterocycles. The standard InChI is InChI=1S/C6H9BrO/c1-4-2-3-5(8)6(4)7/h4,6H,2-3H2,1H3/t4?,6-/m0/s1. The van der Waals surface area contributed by atoms with Gasteiger partial charge in [0.2, 0.25) is 0 Å². The average Bonchev–Trinajstić information content (AvgIpc) is 1.98. The quantitative estimate of drug-likeness (QED) is 0.515. The predicted octanol–water partition coefficient (Wildman–Crippen LogP) is 1.75. The third-order valence-corrected chi connectivity index (χ3v) is 3.07. The zero-order valence-corrected chi connectivity index (χ0v) is 6.44. The van der Waals surface area contributed by atoms with Gasteiger partial charge in [0.15, 0.2) is 0 Å². The highest BCUT2D eigenvalue weighted by Crippen LogP contribution is 2.27. The van der Waals surface area contributed by atoms with E-state index < -0.39 is 0 Å². The summed E-state index contributed by atoms with van der Waals surface area (Å²) in [4.78, 5) is 10.9. The highest BCUT2D eigenvalue weighted by molar-refractivity contribution is 9.10. The van der Waals surface area contributed by atoms with Crippen LogP contribution in [0.15, 0.2) is 0 Å². The summed E-state index contributed by atoms with van der Waals surface area (Å²) in [5, 5.41) is 0. The van der Waals surface area contributed by atoms with E-state index in [2.05, 4.69) is 22.9 Å². The summed E-state index contributed by atoms with van der Waals surface area (Å²) in [5.41, 5.74) is 0. The van der Waals surface area contributed by atoms with Gasteiger partial charge in [-0.2, -0.15) is 0 Å². The number of halogens is 1. The van der Waals surface area contributed by atoms with Gasteiger partial charge in [-0.15, -0.1) is 0 Å². The van der Waals surface area contributed by atoms with E-state index in [0.717, 1.165) is 12.8 Å². The van der Waals surface area contributed by atoms with Crippen molar-refractivity contribution in [3.05, 3.63) is 0 Å². The molecule has 0 saturated heterocycles. The maximum absolute atomic E-state index is 10.7. The van der Waals surface area contributed by atoms with E-state index in [1.807, 2.05) is 0 Å². The van der Waals surface area contributed by atoms with Crippen LogP contribution >= 0.6 is 15.9 Å².